The molecule has 1 unspecified atom stereocenters. The molecule has 4 rings (SSSR count). The number of amides is 1. The Morgan fingerprint density at radius 3 is 2.60 bits per heavy atom. The molecule has 0 bridgehead atoms. The summed E-state index contributed by atoms with van der Waals surface area (Å²) < 4.78 is 28.9. The molecule has 0 radical (unpaired) electrons. The van der Waals surface area contributed by atoms with E-state index in [9.17, 15) is 13.6 Å². The van der Waals surface area contributed by atoms with Gasteiger partial charge in [0.15, 0.2) is 0 Å². The largest absolute Gasteiger partial charge is 0.273 e. The lowest BCUT2D eigenvalue weighted by atomic mass is 10.0. The summed E-state index contributed by atoms with van der Waals surface area (Å²) in [4.78, 5) is 12.6. The Morgan fingerprint density at radius 1 is 1.17 bits per heavy atom. The molecule has 5 nitrogen and oxygen atoms in total. The molecule has 1 aliphatic carbocycles. The van der Waals surface area contributed by atoms with E-state index in [1.807, 2.05) is 18.5 Å². The molecule has 0 spiro atoms. The molecule has 160 valence electrons. The van der Waals surface area contributed by atoms with Crippen molar-refractivity contribution in [1.82, 2.24) is 14.8 Å². The Kier molecular flexibility index (Phi) is 7.13. The first-order valence-corrected chi connectivity index (χ1v) is 10.5. The van der Waals surface area contributed by atoms with Gasteiger partial charge in [0.1, 0.15) is 11.6 Å². The van der Waals surface area contributed by atoms with Crippen molar-refractivity contribution in [2.75, 3.05) is 0 Å². The highest BCUT2D eigenvalue weighted by atomic mass is 19.1. The number of hydrogen-bond donors (Lipinski definition) is 0. The van der Waals surface area contributed by atoms with Crippen molar-refractivity contribution in [3.05, 3.63) is 65.0 Å². The Bertz CT molecular complexity index is 909. The Hall–Kier alpha value is -2.83. The zero-order valence-corrected chi connectivity index (χ0v) is 17.6. The molecule has 2 heterocycles. The van der Waals surface area contributed by atoms with Crippen molar-refractivity contribution < 1.29 is 13.6 Å². The van der Waals surface area contributed by atoms with Gasteiger partial charge in [0.2, 0.25) is 5.91 Å². The number of rotatable bonds is 6. The van der Waals surface area contributed by atoms with Gasteiger partial charge in [-0.25, -0.2) is 13.8 Å². The van der Waals surface area contributed by atoms with Crippen LogP contribution in [0.5, 0.6) is 0 Å². The number of hydrazone groups is 1. The minimum Gasteiger partial charge on any atom is -0.273 e. The van der Waals surface area contributed by atoms with Gasteiger partial charge >= 0.3 is 0 Å². The van der Waals surface area contributed by atoms with E-state index in [4.69, 9.17) is 0 Å². The monoisotopic (exact) mass is 414 g/mol. The SMILES string of the molecule is C=C(CCC(=O)N1N=CCC1c1cc(F)cc(F)c1)Cn1cc2c(n1)CCC2.CC. The second kappa shape index (κ2) is 9.78. The normalized spacial score (nSPS) is 16.9. The van der Waals surface area contributed by atoms with Gasteiger partial charge in [-0.2, -0.15) is 10.2 Å². The number of aromatic nitrogens is 2. The summed E-state index contributed by atoms with van der Waals surface area (Å²) in [6.07, 6.45) is 8.14. The van der Waals surface area contributed by atoms with Gasteiger partial charge in [0, 0.05) is 31.3 Å². The molecule has 0 saturated heterocycles. The number of aryl methyl sites for hydroxylation is 2. The van der Waals surface area contributed by atoms with E-state index >= 15 is 0 Å². The predicted octanol–water partition coefficient (Wildman–Crippen LogP) is 4.97. The second-order valence-electron chi connectivity index (χ2n) is 7.39. The van der Waals surface area contributed by atoms with Crippen LogP contribution in [0.2, 0.25) is 0 Å². The van der Waals surface area contributed by atoms with Crippen LogP contribution in [0.3, 0.4) is 0 Å². The van der Waals surface area contributed by atoms with Crippen LogP contribution in [0, 0.1) is 11.6 Å². The standard InChI is InChI=1S/C21H22F2N4O.C2H6/c1-14(12-26-13-15-3-2-4-19(15)25-26)5-6-21(28)27-20(7-8-24-27)16-9-17(22)11-18(23)10-16;1-2/h8-11,13,20H,1-7,12H2;1-2H3. The summed E-state index contributed by atoms with van der Waals surface area (Å²) in [5, 5.41) is 10.0. The first-order chi connectivity index (χ1) is 14.5. The fourth-order valence-electron chi connectivity index (χ4n) is 3.85. The van der Waals surface area contributed by atoms with Crippen LogP contribution in [-0.4, -0.2) is 26.9 Å². The molecule has 0 fully saturated rings. The third kappa shape index (κ3) is 5.01. The van der Waals surface area contributed by atoms with Crippen molar-refractivity contribution in [1.29, 1.82) is 0 Å². The highest BCUT2D eigenvalue weighted by molar-refractivity contribution is 5.80. The molecule has 1 amide bonds. The van der Waals surface area contributed by atoms with Crippen LogP contribution >= 0.6 is 0 Å². The number of fused-ring (bicyclic) bond motifs is 1. The number of benzene rings is 1. The van der Waals surface area contributed by atoms with Gasteiger partial charge in [0.05, 0.1) is 18.3 Å². The van der Waals surface area contributed by atoms with Crippen LogP contribution in [0.4, 0.5) is 8.78 Å². The van der Waals surface area contributed by atoms with E-state index in [0.29, 0.717) is 24.9 Å². The van der Waals surface area contributed by atoms with Crippen LogP contribution in [0.25, 0.3) is 0 Å². The molecule has 1 aliphatic heterocycles. The van der Waals surface area contributed by atoms with Gasteiger partial charge in [-0.05, 0) is 48.9 Å². The number of carbonyl (C=O) groups is 1. The third-order valence-corrected chi connectivity index (χ3v) is 5.22. The van der Waals surface area contributed by atoms with Gasteiger partial charge in [0.25, 0.3) is 0 Å². The Balaban J connectivity index is 0.00000124. The average Bonchev–Trinajstić information content (AvgIpc) is 3.43. The lowest BCUT2D eigenvalue weighted by molar-refractivity contribution is -0.133. The fourth-order valence-corrected chi connectivity index (χ4v) is 3.85. The van der Waals surface area contributed by atoms with Crippen molar-refractivity contribution in [2.24, 2.45) is 5.10 Å². The van der Waals surface area contributed by atoms with Crippen molar-refractivity contribution in [3.8, 4) is 0 Å². The molecule has 2 aliphatic rings. The number of halogens is 2. The number of nitrogens with zero attached hydrogens (tertiary/aromatic N) is 4. The first-order valence-electron chi connectivity index (χ1n) is 10.5. The molecule has 0 N–H and O–H groups in total. The van der Waals surface area contributed by atoms with Crippen LogP contribution in [0.15, 0.2) is 41.6 Å². The highest BCUT2D eigenvalue weighted by Crippen LogP contribution is 2.30. The van der Waals surface area contributed by atoms with Crippen molar-refractivity contribution in [2.45, 2.75) is 65.0 Å². The molecule has 2 aromatic rings. The van der Waals surface area contributed by atoms with E-state index in [1.165, 1.54) is 34.8 Å². The summed E-state index contributed by atoms with van der Waals surface area (Å²) in [6, 6.07) is 2.85. The molecule has 7 heteroatoms. The first kappa shape index (κ1) is 21.9. The molecule has 0 saturated carbocycles. The third-order valence-electron chi connectivity index (χ3n) is 5.22. The zero-order chi connectivity index (χ0) is 21.7. The maximum Gasteiger partial charge on any atom is 0.243 e. The summed E-state index contributed by atoms with van der Waals surface area (Å²) in [5.74, 6) is -1.50. The quantitative estimate of drug-likeness (QED) is 0.627. The van der Waals surface area contributed by atoms with E-state index in [-0.39, 0.29) is 12.3 Å². The van der Waals surface area contributed by atoms with Crippen LogP contribution < -0.4 is 0 Å². The minimum absolute atomic E-state index is 0.187. The van der Waals surface area contributed by atoms with Crippen LogP contribution in [0.1, 0.15) is 62.4 Å². The molecule has 30 heavy (non-hydrogen) atoms. The lowest BCUT2D eigenvalue weighted by Gasteiger charge is -2.22. The van der Waals surface area contributed by atoms with Gasteiger partial charge in [-0.3, -0.25) is 9.48 Å². The van der Waals surface area contributed by atoms with E-state index in [2.05, 4.69) is 23.0 Å². The summed E-state index contributed by atoms with van der Waals surface area (Å²) >= 11 is 0. The topological polar surface area (TPSA) is 50.5 Å². The summed E-state index contributed by atoms with van der Waals surface area (Å²) in [6.45, 7) is 8.65. The van der Waals surface area contributed by atoms with E-state index in [1.54, 1.807) is 6.21 Å². The van der Waals surface area contributed by atoms with E-state index < -0.39 is 17.7 Å². The van der Waals surface area contributed by atoms with Gasteiger partial charge < -0.3 is 0 Å². The summed E-state index contributed by atoms with van der Waals surface area (Å²) in [7, 11) is 0. The molecule has 1 aromatic heterocycles. The zero-order valence-electron chi connectivity index (χ0n) is 17.6. The smallest absolute Gasteiger partial charge is 0.243 e. The predicted molar refractivity (Wildman–Crippen MR) is 113 cm³/mol. The second-order valence-corrected chi connectivity index (χ2v) is 7.39. The number of carbonyl (C=O) groups excluding carboxylic acids is 1. The molecule has 1 atom stereocenters. The number of hydrogen-bond acceptors (Lipinski definition) is 3. The number of allylic oxidation sites excluding steroid dienone is 1. The maximum absolute atomic E-state index is 13.5. The maximum atomic E-state index is 13.5. The van der Waals surface area contributed by atoms with E-state index in [0.717, 1.165) is 24.5 Å². The highest BCUT2D eigenvalue weighted by Gasteiger charge is 2.28. The minimum atomic E-state index is -0.659. The lowest BCUT2D eigenvalue weighted by Crippen LogP contribution is -2.27. The van der Waals surface area contributed by atoms with Crippen molar-refractivity contribution >= 4 is 12.1 Å². The molecular weight excluding hydrogens is 386 g/mol. The van der Waals surface area contributed by atoms with Gasteiger partial charge in [-0.15, -0.1) is 0 Å². The van der Waals surface area contributed by atoms with Gasteiger partial charge in [-0.1, -0.05) is 26.0 Å². The average molecular weight is 415 g/mol. The molecule has 1 aromatic carbocycles. The van der Waals surface area contributed by atoms with Crippen molar-refractivity contribution in [3.63, 3.8) is 0 Å². The summed E-state index contributed by atoms with van der Waals surface area (Å²) in [5.41, 5.74) is 3.79. The Morgan fingerprint density at radius 2 is 1.90 bits per heavy atom. The Labute approximate surface area is 176 Å². The molecular formula is C23H28F2N4O. The fraction of sp³-hybridized carbons (Fsp3) is 0.435. The van der Waals surface area contributed by atoms with Crippen LogP contribution in [-0.2, 0) is 24.2 Å².